The number of hydrogen-bond donors (Lipinski definition) is 2. The molecule has 1 aromatic carbocycles. The molecule has 1 amide bonds. The molecule has 1 saturated carbocycles. The van der Waals surface area contributed by atoms with Crippen molar-refractivity contribution >= 4 is 34.5 Å². The quantitative estimate of drug-likeness (QED) is 0.418. The molecule has 0 unspecified atom stereocenters. The van der Waals surface area contributed by atoms with Crippen LogP contribution in [0.1, 0.15) is 37.3 Å². The van der Waals surface area contributed by atoms with Crippen LogP contribution in [0.3, 0.4) is 0 Å². The number of amides is 1. The predicted octanol–water partition coefficient (Wildman–Crippen LogP) is 2.26. The highest BCUT2D eigenvalue weighted by Crippen LogP contribution is 2.31. The fourth-order valence-corrected chi connectivity index (χ4v) is 4.64. The van der Waals surface area contributed by atoms with Gasteiger partial charge in [-0.15, -0.1) is 5.10 Å². The van der Waals surface area contributed by atoms with Gasteiger partial charge in [0.2, 0.25) is 11.1 Å². The van der Waals surface area contributed by atoms with Crippen LogP contribution < -0.4 is 5.32 Å². The van der Waals surface area contributed by atoms with Gasteiger partial charge in [-0.05, 0) is 34.9 Å². The molecule has 2 heterocycles. The highest BCUT2D eigenvalue weighted by Gasteiger charge is 2.25. The van der Waals surface area contributed by atoms with E-state index in [1.807, 2.05) is 35.1 Å². The van der Waals surface area contributed by atoms with Gasteiger partial charge in [-0.25, -0.2) is 9.48 Å². The fraction of sp³-hybridized carbons (Fsp3) is 0.450. The van der Waals surface area contributed by atoms with Crippen molar-refractivity contribution in [3.05, 3.63) is 36.0 Å². The van der Waals surface area contributed by atoms with E-state index in [0.717, 1.165) is 29.3 Å². The van der Waals surface area contributed by atoms with E-state index in [-0.39, 0.29) is 11.7 Å². The second-order valence-electron chi connectivity index (χ2n) is 7.34. The van der Waals surface area contributed by atoms with Crippen molar-refractivity contribution in [3.8, 4) is 0 Å². The minimum Gasteiger partial charge on any atom is -0.467 e. The Kier molecular flexibility index (Phi) is 6.32. The highest BCUT2D eigenvalue weighted by atomic mass is 32.2. The molecule has 0 spiro atoms. The predicted molar refractivity (Wildman–Crippen MR) is 112 cm³/mol. The van der Waals surface area contributed by atoms with Crippen molar-refractivity contribution in [2.24, 2.45) is 0 Å². The Labute approximate surface area is 177 Å². The van der Waals surface area contributed by atoms with Crippen LogP contribution in [0.4, 0.5) is 0 Å². The van der Waals surface area contributed by atoms with Crippen molar-refractivity contribution in [3.63, 3.8) is 0 Å². The number of ether oxygens (including phenoxy) is 1. The topological polar surface area (TPSA) is 115 Å². The lowest BCUT2D eigenvalue weighted by atomic mass is 10.0. The summed E-state index contributed by atoms with van der Waals surface area (Å²) in [6.45, 7) is 0. The molecule has 4 rings (SSSR count). The highest BCUT2D eigenvalue weighted by molar-refractivity contribution is 7.99. The number of nitrogens with zero attached hydrogens (tertiary/aromatic N) is 4. The largest absolute Gasteiger partial charge is 0.467 e. The third-order valence-electron chi connectivity index (χ3n) is 5.39. The molecule has 30 heavy (non-hydrogen) atoms. The summed E-state index contributed by atoms with van der Waals surface area (Å²) in [5.74, 6) is -0.625. The molecule has 0 bridgehead atoms. The lowest BCUT2D eigenvalue weighted by Gasteiger charge is -2.16. The van der Waals surface area contributed by atoms with Crippen LogP contribution >= 0.6 is 11.8 Å². The number of thioether (sulfide) groups is 1. The average molecular weight is 429 g/mol. The van der Waals surface area contributed by atoms with Crippen LogP contribution in [0.5, 0.6) is 0 Å². The van der Waals surface area contributed by atoms with Crippen molar-refractivity contribution < 1.29 is 14.3 Å². The number of hydrogen-bond acceptors (Lipinski definition) is 7. The molecule has 1 aliphatic rings. The molecule has 0 aliphatic heterocycles. The summed E-state index contributed by atoms with van der Waals surface area (Å²) in [5, 5.41) is 16.3. The number of para-hydroxylation sites is 1. The van der Waals surface area contributed by atoms with Crippen LogP contribution in [0.15, 0.2) is 35.6 Å². The van der Waals surface area contributed by atoms with E-state index < -0.39 is 12.0 Å². The van der Waals surface area contributed by atoms with Crippen LogP contribution in [-0.2, 0) is 20.7 Å². The van der Waals surface area contributed by atoms with E-state index in [1.54, 1.807) is 0 Å². The SMILES string of the molecule is COC(=O)[C@@H](Cc1c[nH]c2ccccc12)NC(=O)CSc1nnnn1C1CCCC1. The van der Waals surface area contributed by atoms with Gasteiger partial charge in [0.1, 0.15) is 6.04 Å². The zero-order valence-corrected chi connectivity index (χ0v) is 17.5. The van der Waals surface area contributed by atoms with Gasteiger partial charge in [0.05, 0.1) is 18.9 Å². The maximum atomic E-state index is 12.6. The molecule has 2 N–H and O–H groups in total. The number of carbonyl (C=O) groups is 2. The molecular weight excluding hydrogens is 404 g/mol. The fourth-order valence-electron chi connectivity index (χ4n) is 3.88. The summed E-state index contributed by atoms with van der Waals surface area (Å²) in [5.41, 5.74) is 1.93. The smallest absolute Gasteiger partial charge is 0.328 e. The molecule has 9 nitrogen and oxygen atoms in total. The number of esters is 1. The second kappa shape index (κ2) is 9.29. The van der Waals surface area contributed by atoms with Crippen LogP contribution in [0.25, 0.3) is 10.9 Å². The first-order valence-corrected chi connectivity index (χ1v) is 11.0. The number of benzene rings is 1. The van der Waals surface area contributed by atoms with Crippen LogP contribution in [-0.4, -0.2) is 56.0 Å². The summed E-state index contributed by atoms with van der Waals surface area (Å²) in [6, 6.07) is 7.37. The van der Waals surface area contributed by atoms with E-state index in [1.165, 1.54) is 31.7 Å². The number of aromatic amines is 1. The van der Waals surface area contributed by atoms with Crippen molar-refractivity contribution in [1.29, 1.82) is 0 Å². The number of aromatic nitrogens is 5. The lowest BCUT2D eigenvalue weighted by molar-refractivity contribution is -0.144. The molecule has 0 saturated heterocycles. The number of nitrogens with one attached hydrogen (secondary N) is 2. The summed E-state index contributed by atoms with van der Waals surface area (Å²) in [6.07, 6.45) is 6.65. The van der Waals surface area contributed by atoms with E-state index in [9.17, 15) is 9.59 Å². The number of carbonyl (C=O) groups excluding carboxylic acids is 2. The van der Waals surface area contributed by atoms with E-state index in [4.69, 9.17) is 4.74 Å². The van der Waals surface area contributed by atoms with Gasteiger partial charge < -0.3 is 15.0 Å². The Bertz CT molecular complexity index is 1030. The van der Waals surface area contributed by atoms with E-state index >= 15 is 0 Å². The summed E-state index contributed by atoms with van der Waals surface area (Å²) in [7, 11) is 1.32. The Morgan fingerprint density at radius 2 is 2.13 bits per heavy atom. The first kappa shape index (κ1) is 20.4. The van der Waals surface area contributed by atoms with Gasteiger partial charge in [-0.2, -0.15) is 0 Å². The van der Waals surface area contributed by atoms with Gasteiger partial charge in [-0.3, -0.25) is 4.79 Å². The Morgan fingerprint density at radius 3 is 2.93 bits per heavy atom. The average Bonchev–Trinajstić information content (AvgIpc) is 3.51. The van der Waals surface area contributed by atoms with Gasteiger partial charge in [0.25, 0.3) is 0 Å². The summed E-state index contributed by atoms with van der Waals surface area (Å²) in [4.78, 5) is 28.0. The molecule has 1 aliphatic carbocycles. The van der Waals surface area contributed by atoms with Crippen molar-refractivity contribution in [1.82, 2.24) is 30.5 Å². The molecule has 1 fully saturated rings. The monoisotopic (exact) mass is 428 g/mol. The standard InChI is InChI=1S/C20H24N6O3S/c1-29-19(28)17(10-13-11-21-16-9-5-4-8-15(13)16)22-18(27)12-30-20-23-24-25-26(20)14-6-2-3-7-14/h4-5,8-9,11,14,17,21H,2-3,6-7,10,12H2,1H3,(H,22,27)/t17-/m1/s1. The summed E-state index contributed by atoms with van der Waals surface area (Å²) < 4.78 is 6.72. The second-order valence-corrected chi connectivity index (χ2v) is 8.28. The van der Waals surface area contributed by atoms with E-state index in [0.29, 0.717) is 17.6 Å². The number of fused-ring (bicyclic) bond motifs is 1. The third kappa shape index (κ3) is 4.48. The Hall–Kier alpha value is -2.88. The van der Waals surface area contributed by atoms with E-state index in [2.05, 4.69) is 25.8 Å². The minimum atomic E-state index is -0.770. The Balaban J connectivity index is 1.39. The Morgan fingerprint density at radius 1 is 1.33 bits per heavy atom. The maximum Gasteiger partial charge on any atom is 0.328 e. The molecular formula is C20H24N6O3S. The van der Waals surface area contributed by atoms with Crippen LogP contribution in [0.2, 0.25) is 0 Å². The normalized spacial score (nSPS) is 15.4. The molecule has 0 radical (unpaired) electrons. The number of rotatable bonds is 8. The van der Waals surface area contributed by atoms with Crippen molar-refractivity contribution in [2.75, 3.05) is 12.9 Å². The first-order valence-electron chi connectivity index (χ1n) is 9.98. The number of tetrazole rings is 1. The van der Waals surface area contributed by atoms with Gasteiger partial charge in [0.15, 0.2) is 0 Å². The van der Waals surface area contributed by atoms with Crippen LogP contribution in [0, 0.1) is 0 Å². The maximum absolute atomic E-state index is 12.6. The number of methoxy groups -OCH3 is 1. The molecule has 158 valence electrons. The van der Waals surface area contributed by atoms with Crippen molar-refractivity contribution in [2.45, 2.75) is 49.3 Å². The zero-order valence-electron chi connectivity index (χ0n) is 16.7. The zero-order chi connectivity index (χ0) is 20.9. The lowest BCUT2D eigenvalue weighted by Crippen LogP contribution is -2.43. The first-order chi connectivity index (χ1) is 14.7. The molecule has 3 aromatic rings. The minimum absolute atomic E-state index is 0.120. The van der Waals surface area contributed by atoms with Gasteiger partial charge >= 0.3 is 5.97 Å². The van der Waals surface area contributed by atoms with Gasteiger partial charge in [-0.1, -0.05) is 42.8 Å². The summed E-state index contributed by atoms with van der Waals surface area (Å²) >= 11 is 1.28. The van der Waals surface area contributed by atoms with Gasteiger partial charge in [0, 0.05) is 23.5 Å². The third-order valence-corrected chi connectivity index (χ3v) is 6.32. The molecule has 2 aromatic heterocycles. The number of H-pyrrole nitrogens is 1. The molecule has 1 atom stereocenters. The molecule has 10 heteroatoms.